The maximum absolute atomic E-state index is 11.9. The first-order valence-electron chi connectivity index (χ1n) is 5.00. The van der Waals surface area contributed by atoms with Crippen LogP contribution in [0.2, 0.25) is 0 Å². The molecule has 0 aromatic carbocycles. The normalized spacial score (nSPS) is 18.7. The third-order valence-electron chi connectivity index (χ3n) is 2.55. The van der Waals surface area contributed by atoms with Gasteiger partial charge in [-0.25, -0.2) is 0 Å². The van der Waals surface area contributed by atoms with Gasteiger partial charge in [0.2, 0.25) is 5.91 Å². The van der Waals surface area contributed by atoms with E-state index in [0.717, 1.165) is 18.8 Å². The highest BCUT2D eigenvalue weighted by molar-refractivity contribution is 5.81. The minimum atomic E-state index is -0.282. The van der Waals surface area contributed by atoms with Crippen molar-refractivity contribution >= 4 is 5.91 Å². The second-order valence-corrected chi connectivity index (χ2v) is 4.96. The molecule has 1 rings (SSSR count). The van der Waals surface area contributed by atoms with Crippen molar-refractivity contribution in [3.8, 4) is 0 Å². The molecule has 1 aliphatic heterocycles. The largest absolute Gasteiger partial charge is 0.375 e. The fourth-order valence-corrected chi connectivity index (χ4v) is 1.50. The summed E-state index contributed by atoms with van der Waals surface area (Å²) in [5.74, 6) is 0.215. The molecule has 0 aromatic rings. The van der Waals surface area contributed by atoms with Crippen molar-refractivity contribution in [3.05, 3.63) is 12.3 Å². The summed E-state index contributed by atoms with van der Waals surface area (Å²) in [6.45, 7) is 12.2. The number of hydrogen-bond acceptors (Lipinski definition) is 2. The molecule has 0 N–H and O–H groups in total. The van der Waals surface area contributed by atoms with Crippen LogP contribution in [0.15, 0.2) is 12.3 Å². The summed E-state index contributed by atoms with van der Waals surface area (Å²) in [5.41, 5.74) is 0.741. The van der Waals surface area contributed by atoms with Crippen LogP contribution in [0.3, 0.4) is 0 Å². The minimum Gasteiger partial charge on any atom is -0.375 e. The van der Waals surface area contributed by atoms with Crippen LogP contribution in [0.1, 0.15) is 20.8 Å². The molecule has 1 fully saturated rings. The predicted octanol–water partition coefficient (Wildman–Crippen LogP) is 1.32. The van der Waals surface area contributed by atoms with E-state index >= 15 is 0 Å². The van der Waals surface area contributed by atoms with Crippen LogP contribution in [0, 0.1) is 5.41 Å². The van der Waals surface area contributed by atoms with Gasteiger partial charge in [-0.1, -0.05) is 27.4 Å². The van der Waals surface area contributed by atoms with Crippen molar-refractivity contribution in [1.29, 1.82) is 0 Å². The zero-order valence-corrected chi connectivity index (χ0v) is 9.63. The summed E-state index contributed by atoms with van der Waals surface area (Å²) in [6, 6.07) is 0. The Morgan fingerprint density at radius 3 is 2.36 bits per heavy atom. The molecule has 0 bridgehead atoms. The van der Waals surface area contributed by atoms with Gasteiger partial charge in [0.05, 0.1) is 6.54 Å². The summed E-state index contributed by atoms with van der Waals surface area (Å²) in [5, 5.41) is 0. The highest BCUT2D eigenvalue weighted by Crippen LogP contribution is 2.20. The number of likely N-dealkylation sites (N-methyl/N-ethyl adjacent to an activating group) is 1. The summed E-state index contributed by atoms with van der Waals surface area (Å²) >= 11 is 0. The number of rotatable bonds is 0. The highest BCUT2D eigenvalue weighted by Gasteiger charge is 2.29. The monoisotopic (exact) mass is 196 g/mol. The van der Waals surface area contributed by atoms with Gasteiger partial charge in [-0.3, -0.25) is 4.79 Å². The van der Waals surface area contributed by atoms with Crippen molar-refractivity contribution < 1.29 is 4.79 Å². The average molecular weight is 196 g/mol. The van der Waals surface area contributed by atoms with Crippen molar-refractivity contribution in [1.82, 2.24) is 9.80 Å². The lowest BCUT2D eigenvalue weighted by Gasteiger charge is -2.38. The summed E-state index contributed by atoms with van der Waals surface area (Å²) < 4.78 is 0. The molecule has 1 amide bonds. The zero-order valence-electron chi connectivity index (χ0n) is 9.63. The van der Waals surface area contributed by atoms with E-state index in [2.05, 4.69) is 11.5 Å². The van der Waals surface area contributed by atoms with Gasteiger partial charge < -0.3 is 9.80 Å². The van der Waals surface area contributed by atoms with E-state index in [1.807, 2.05) is 32.7 Å². The van der Waals surface area contributed by atoms with E-state index in [0.29, 0.717) is 6.54 Å². The van der Waals surface area contributed by atoms with Gasteiger partial charge in [0.25, 0.3) is 0 Å². The highest BCUT2D eigenvalue weighted by atomic mass is 16.2. The molecule has 0 radical (unpaired) electrons. The van der Waals surface area contributed by atoms with Crippen LogP contribution >= 0.6 is 0 Å². The number of carbonyl (C=O) groups is 1. The molecule has 3 heteroatoms. The van der Waals surface area contributed by atoms with Gasteiger partial charge in [0.15, 0.2) is 0 Å². The Balaban J connectivity index is 2.64. The van der Waals surface area contributed by atoms with Gasteiger partial charge in [-0.15, -0.1) is 0 Å². The molecular formula is C11H20N2O. The van der Waals surface area contributed by atoms with E-state index in [1.165, 1.54) is 0 Å². The Bertz CT molecular complexity index is 253. The smallest absolute Gasteiger partial charge is 0.228 e. The Hall–Kier alpha value is -0.990. The van der Waals surface area contributed by atoms with E-state index < -0.39 is 0 Å². The standard InChI is InChI=1S/C11H20N2O/c1-9-8-13(7-6-12(9)5)10(14)11(2,3)4/h1,6-8H2,2-5H3. The molecule has 0 unspecified atom stereocenters. The lowest BCUT2D eigenvalue weighted by Crippen LogP contribution is -2.49. The Morgan fingerprint density at radius 1 is 1.36 bits per heavy atom. The van der Waals surface area contributed by atoms with Crippen molar-refractivity contribution in [3.63, 3.8) is 0 Å². The van der Waals surface area contributed by atoms with Crippen molar-refractivity contribution in [2.24, 2.45) is 5.41 Å². The molecule has 80 valence electrons. The van der Waals surface area contributed by atoms with Gasteiger partial charge in [0, 0.05) is 31.2 Å². The van der Waals surface area contributed by atoms with Gasteiger partial charge >= 0.3 is 0 Å². The number of carbonyl (C=O) groups excluding carboxylic acids is 1. The summed E-state index contributed by atoms with van der Waals surface area (Å²) in [6.07, 6.45) is 0. The number of amides is 1. The molecule has 0 spiro atoms. The summed E-state index contributed by atoms with van der Waals surface area (Å²) in [4.78, 5) is 15.9. The van der Waals surface area contributed by atoms with E-state index in [4.69, 9.17) is 0 Å². The first-order chi connectivity index (χ1) is 6.32. The molecular weight excluding hydrogens is 176 g/mol. The average Bonchev–Trinajstić information content (AvgIpc) is 2.07. The molecule has 1 aliphatic rings. The quantitative estimate of drug-likeness (QED) is 0.583. The van der Waals surface area contributed by atoms with Crippen LogP contribution in [0.25, 0.3) is 0 Å². The van der Waals surface area contributed by atoms with Crippen LogP contribution in [-0.4, -0.2) is 42.4 Å². The SMILES string of the molecule is C=C1CN(C(=O)C(C)(C)C)CCN1C. The lowest BCUT2D eigenvalue weighted by atomic mass is 9.94. The molecule has 0 saturated carbocycles. The second-order valence-electron chi connectivity index (χ2n) is 4.96. The van der Waals surface area contributed by atoms with E-state index in [1.54, 1.807) is 0 Å². The van der Waals surface area contributed by atoms with Crippen LogP contribution in [-0.2, 0) is 4.79 Å². The van der Waals surface area contributed by atoms with Crippen molar-refractivity contribution in [2.75, 3.05) is 26.7 Å². The van der Waals surface area contributed by atoms with E-state index in [-0.39, 0.29) is 11.3 Å². The van der Waals surface area contributed by atoms with Crippen molar-refractivity contribution in [2.45, 2.75) is 20.8 Å². The Labute approximate surface area is 86.4 Å². The molecule has 0 aromatic heterocycles. The third-order valence-corrected chi connectivity index (χ3v) is 2.55. The van der Waals surface area contributed by atoms with Gasteiger partial charge in [0.1, 0.15) is 0 Å². The lowest BCUT2D eigenvalue weighted by molar-refractivity contribution is -0.140. The number of hydrogen-bond donors (Lipinski definition) is 0. The van der Waals surface area contributed by atoms with Gasteiger partial charge in [-0.05, 0) is 0 Å². The maximum atomic E-state index is 11.9. The molecule has 1 heterocycles. The fraction of sp³-hybridized carbons (Fsp3) is 0.727. The molecule has 1 saturated heterocycles. The first kappa shape index (κ1) is 11.1. The molecule has 0 atom stereocenters. The van der Waals surface area contributed by atoms with Crippen LogP contribution in [0.4, 0.5) is 0 Å². The Kier molecular flexibility index (Phi) is 2.88. The van der Waals surface area contributed by atoms with Gasteiger partial charge in [-0.2, -0.15) is 0 Å². The third kappa shape index (κ3) is 2.28. The number of nitrogens with zero attached hydrogens (tertiary/aromatic N) is 2. The molecule has 0 aliphatic carbocycles. The topological polar surface area (TPSA) is 23.6 Å². The van der Waals surface area contributed by atoms with Crippen LogP contribution in [0.5, 0.6) is 0 Å². The van der Waals surface area contributed by atoms with E-state index in [9.17, 15) is 4.79 Å². The predicted molar refractivity (Wildman–Crippen MR) is 57.8 cm³/mol. The summed E-state index contributed by atoms with van der Waals surface area (Å²) in [7, 11) is 2.02. The molecule has 3 nitrogen and oxygen atoms in total. The maximum Gasteiger partial charge on any atom is 0.228 e. The fourth-order valence-electron chi connectivity index (χ4n) is 1.50. The zero-order chi connectivity index (χ0) is 10.9. The number of piperazine rings is 1. The second kappa shape index (κ2) is 3.64. The Morgan fingerprint density at radius 2 is 1.93 bits per heavy atom. The molecule has 14 heavy (non-hydrogen) atoms. The first-order valence-corrected chi connectivity index (χ1v) is 5.00. The van der Waals surface area contributed by atoms with Crippen LogP contribution < -0.4 is 0 Å². The minimum absolute atomic E-state index is 0.215.